The van der Waals surface area contributed by atoms with Gasteiger partial charge in [-0.15, -0.1) is 0 Å². The smallest absolute Gasteiger partial charge is 0.225 e. The van der Waals surface area contributed by atoms with Gasteiger partial charge in [-0.05, 0) is 94.5 Å². The third-order valence-electron chi connectivity index (χ3n) is 8.05. The van der Waals surface area contributed by atoms with Gasteiger partial charge in [-0.25, -0.2) is 15.0 Å². The summed E-state index contributed by atoms with van der Waals surface area (Å²) in [5.74, 6) is 2.93. The highest BCUT2D eigenvalue weighted by atomic mass is 16.3. The summed E-state index contributed by atoms with van der Waals surface area (Å²) >= 11 is 0. The molecule has 56 heavy (non-hydrogen) atoms. The monoisotopic (exact) mass is 754 g/mol. The van der Waals surface area contributed by atoms with E-state index in [0.717, 1.165) is 35.1 Å². The Morgan fingerprint density at radius 1 is 0.643 bits per heavy atom. The van der Waals surface area contributed by atoms with Crippen LogP contribution in [0.15, 0.2) is 136 Å². The topological polar surface area (TPSA) is 181 Å². The summed E-state index contributed by atoms with van der Waals surface area (Å²) in [6.45, 7) is 17.4. The van der Waals surface area contributed by atoms with Crippen LogP contribution >= 0.6 is 0 Å². The molecule has 294 valence electrons. The summed E-state index contributed by atoms with van der Waals surface area (Å²) < 4.78 is 5.21. The number of rotatable bonds is 9. The van der Waals surface area contributed by atoms with Gasteiger partial charge in [-0.2, -0.15) is 15.0 Å². The summed E-state index contributed by atoms with van der Waals surface area (Å²) in [6, 6.07) is 32.7. The largest absolute Gasteiger partial charge is 0.445 e. The normalized spacial score (nSPS) is 10.6. The van der Waals surface area contributed by atoms with Crippen molar-refractivity contribution in [3.05, 3.63) is 144 Å². The van der Waals surface area contributed by atoms with Crippen molar-refractivity contribution in [3.63, 3.8) is 0 Å². The molecule has 6 aromatic rings. The van der Waals surface area contributed by atoms with Crippen LogP contribution in [-0.4, -0.2) is 45.1 Å². The van der Waals surface area contributed by atoms with E-state index < -0.39 is 0 Å². The minimum atomic E-state index is 0.533. The fourth-order valence-electron chi connectivity index (χ4n) is 4.70. The van der Waals surface area contributed by atoms with Gasteiger partial charge >= 0.3 is 0 Å². The molecular weight excluding hydrogens is 697 g/mol. The molecule has 0 aliphatic carbocycles. The first-order valence-corrected chi connectivity index (χ1v) is 18.6. The van der Waals surface area contributed by atoms with Crippen molar-refractivity contribution in [1.29, 1.82) is 10.8 Å². The molecule has 0 spiro atoms. The van der Waals surface area contributed by atoms with Crippen LogP contribution in [-0.2, 0) is 0 Å². The molecule has 0 radical (unpaired) electrons. The molecule has 0 aliphatic heterocycles. The van der Waals surface area contributed by atoms with E-state index in [1.165, 1.54) is 34.9 Å². The van der Waals surface area contributed by atoms with Crippen molar-refractivity contribution < 1.29 is 4.42 Å². The summed E-state index contributed by atoms with van der Waals surface area (Å²) in [7, 11) is 0. The van der Waals surface area contributed by atoms with Crippen molar-refractivity contribution in [2.75, 3.05) is 5.73 Å². The molecule has 0 aliphatic rings. The molecule has 0 atom stereocenters. The molecule has 2 aromatic heterocycles. The van der Waals surface area contributed by atoms with Gasteiger partial charge in [0.05, 0.1) is 36.3 Å². The number of aliphatic imine (C=N–C) groups is 2. The lowest BCUT2D eigenvalue weighted by Gasteiger charge is -2.06. The van der Waals surface area contributed by atoms with E-state index in [0.29, 0.717) is 29.6 Å². The average Bonchev–Trinajstić information content (AvgIpc) is 3.96. The molecule has 6 rings (SSSR count). The lowest BCUT2D eigenvalue weighted by Crippen LogP contribution is -1.99. The minimum Gasteiger partial charge on any atom is -0.445 e. The maximum Gasteiger partial charge on any atom is 0.225 e. The van der Waals surface area contributed by atoms with Crippen LogP contribution in [0.5, 0.6) is 0 Å². The molecular formula is C45H58N10O. The number of nitrogens with one attached hydrogen (secondary N) is 2. The minimum absolute atomic E-state index is 0.533. The van der Waals surface area contributed by atoms with Gasteiger partial charge in [0.1, 0.15) is 12.6 Å². The number of benzene rings is 4. The molecule has 4 aromatic carbocycles. The molecule has 0 saturated carbocycles. The van der Waals surface area contributed by atoms with Crippen LogP contribution in [0.25, 0.3) is 17.1 Å². The third kappa shape index (κ3) is 17.1. The Morgan fingerprint density at radius 2 is 1.14 bits per heavy atom. The first kappa shape index (κ1) is 45.7. The predicted molar refractivity (Wildman–Crippen MR) is 235 cm³/mol. The SMILES string of the molecule is CC(C)c1ccc(-c2ncco2)cc1.CC(C)c1ccc(N)cc1.CC(C)c1ccc(N=CN=CN)cc1.CC(C)c1cccc(-n2nccn2)c1.N=CC=N. The van der Waals surface area contributed by atoms with E-state index in [2.05, 4.69) is 129 Å². The van der Waals surface area contributed by atoms with E-state index in [4.69, 9.17) is 26.7 Å². The Bertz CT molecular complexity index is 1970. The first-order chi connectivity index (χ1) is 26.9. The van der Waals surface area contributed by atoms with Crippen LogP contribution < -0.4 is 11.5 Å². The molecule has 0 unspecified atom stereocenters. The zero-order chi connectivity index (χ0) is 41.3. The zero-order valence-electron chi connectivity index (χ0n) is 33.9. The third-order valence-corrected chi connectivity index (χ3v) is 8.05. The molecule has 0 fully saturated rings. The Morgan fingerprint density at radius 3 is 1.59 bits per heavy atom. The maximum atomic E-state index is 6.08. The van der Waals surface area contributed by atoms with Gasteiger partial charge < -0.3 is 26.7 Å². The molecule has 11 nitrogen and oxygen atoms in total. The lowest BCUT2D eigenvalue weighted by atomic mass is 10.0. The van der Waals surface area contributed by atoms with E-state index in [-0.39, 0.29) is 0 Å². The Balaban J connectivity index is 0.000000251. The number of aromatic nitrogens is 4. The van der Waals surface area contributed by atoms with Crippen LogP contribution in [0.1, 0.15) is 101 Å². The van der Waals surface area contributed by atoms with Crippen molar-refractivity contribution >= 4 is 36.5 Å². The van der Waals surface area contributed by atoms with Crippen molar-refractivity contribution in [3.8, 4) is 17.1 Å². The molecule has 6 N–H and O–H groups in total. The van der Waals surface area contributed by atoms with Gasteiger partial charge in [0, 0.05) is 23.7 Å². The molecule has 0 bridgehead atoms. The number of nitrogens with zero attached hydrogens (tertiary/aromatic N) is 6. The molecule has 11 heteroatoms. The van der Waals surface area contributed by atoms with Gasteiger partial charge in [0.2, 0.25) is 5.89 Å². The number of hydrogen-bond donors (Lipinski definition) is 4. The number of oxazole rings is 1. The van der Waals surface area contributed by atoms with Crippen molar-refractivity contribution in [2.45, 2.75) is 79.1 Å². The Kier molecular flexibility index (Phi) is 20.8. The number of anilines is 1. The summed E-state index contributed by atoms with van der Waals surface area (Å²) in [6.07, 6.45) is 11.1. The highest BCUT2D eigenvalue weighted by Crippen LogP contribution is 2.22. The zero-order valence-corrected chi connectivity index (χ0v) is 33.9. The van der Waals surface area contributed by atoms with E-state index in [9.17, 15) is 0 Å². The predicted octanol–water partition coefficient (Wildman–Crippen LogP) is 11.0. The highest BCUT2D eigenvalue weighted by molar-refractivity contribution is 6.12. The van der Waals surface area contributed by atoms with Crippen LogP contribution in [0.3, 0.4) is 0 Å². The highest BCUT2D eigenvalue weighted by Gasteiger charge is 2.04. The second-order valence-corrected chi connectivity index (χ2v) is 13.6. The molecule has 2 heterocycles. The number of nitrogens with two attached hydrogens (primary N) is 2. The first-order valence-electron chi connectivity index (χ1n) is 18.6. The second kappa shape index (κ2) is 25.5. The van der Waals surface area contributed by atoms with Crippen LogP contribution in [0, 0.1) is 10.8 Å². The van der Waals surface area contributed by atoms with E-state index >= 15 is 0 Å². The van der Waals surface area contributed by atoms with Crippen molar-refractivity contribution in [2.24, 2.45) is 15.7 Å². The standard InChI is InChI=1S/C12H13NO.C11H13N3.C11H15N3.C9H13N.C2H4N2/c1-9(2)10-3-5-11(6-4-10)12-13-7-8-14-12;1-9(2)10-4-3-5-11(8-10)14-12-6-7-13-14;1-9(2)10-3-5-11(6-4-10)14-8-13-7-12;1-7(2)8-3-5-9(10)6-4-8;3-1-2-4/h2*3-9H,1-2H3;3-9H,1-2H3,(H2,12,13,14);3-7H,10H2,1-2H3;1-4H. The second-order valence-electron chi connectivity index (χ2n) is 13.6. The lowest BCUT2D eigenvalue weighted by molar-refractivity contribution is 0.574. The summed E-state index contributed by atoms with van der Waals surface area (Å²) in [5, 5.41) is 20.4. The van der Waals surface area contributed by atoms with E-state index in [1.807, 2.05) is 48.5 Å². The van der Waals surface area contributed by atoms with Gasteiger partial charge in [-0.3, -0.25) is 0 Å². The maximum absolute atomic E-state index is 6.08. The van der Waals surface area contributed by atoms with E-state index in [1.54, 1.807) is 29.7 Å². The Labute approximate surface area is 332 Å². The van der Waals surface area contributed by atoms with Crippen molar-refractivity contribution in [1.82, 2.24) is 20.0 Å². The van der Waals surface area contributed by atoms with Gasteiger partial charge in [-0.1, -0.05) is 104 Å². The van der Waals surface area contributed by atoms with Crippen LogP contribution in [0.2, 0.25) is 0 Å². The fraction of sp³-hybridized carbons (Fsp3) is 0.267. The number of hydrogen-bond acceptors (Lipinski definition) is 8. The summed E-state index contributed by atoms with van der Waals surface area (Å²) in [5.41, 5.74) is 19.7. The fourth-order valence-corrected chi connectivity index (χ4v) is 4.70. The quantitative estimate of drug-likeness (QED) is 0.0647. The molecule has 0 amide bonds. The summed E-state index contributed by atoms with van der Waals surface area (Å²) in [4.78, 5) is 13.5. The van der Waals surface area contributed by atoms with Gasteiger partial charge in [0.15, 0.2) is 0 Å². The Hall–Kier alpha value is -6.49. The van der Waals surface area contributed by atoms with Gasteiger partial charge in [0.25, 0.3) is 0 Å². The number of nitrogen functional groups attached to an aromatic ring is 1. The van der Waals surface area contributed by atoms with Crippen LogP contribution in [0.4, 0.5) is 11.4 Å². The molecule has 0 saturated heterocycles. The average molecular weight is 755 g/mol.